The largest absolute Gasteiger partial charge is 0.471 e. The molecule has 0 aliphatic carbocycles. The average molecular weight is 319 g/mol. The number of benzene rings is 2. The number of halogens is 3. The summed E-state index contributed by atoms with van der Waals surface area (Å²) in [6.45, 7) is 1.88. The first-order chi connectivity index (χ1) is 10.9. The Hall–Kier alpha value is -2.83. The molecule has 0 aliphatic heterocycles. The van der Waals surface area contributed by atoms with Crippen LogP contribution in [0.3, 0.4) is 0 Å². The van der Waals surface area contributed by atoms with Crippen molar-refractivity contribution in [3.63, 3.8) is 0 Å². The molecule has 3 aromatic rings. The van der Waals surface area contributed by atoms with Gasteiger partial charge in [-0.05, 0) is 30.7 Å². The molecule has 1 heterocycles. The van der Waals surface area contributed by atoms with Gasteiger partial charge in [-0.15, -0.1) is 0 Å². The molecule has 7 heteroatoms. The monoisotopic (exact) mass is 319 g/mol. The molecule has 0 saturated carbocycles. The smallest absolute Gasteiger partial charge is 0.456 e. The molecular weight excluding hydrogens is 309 g/mol. The van der Waals surface area contributed by atoms with Gasteiger partial charge in [0.15, 0.2) is 0 Å². The fraction of sp³-hybridized carbons (Fsp3) is 0.125. The fourth-order valence-corrected chi connectivity index (χ4v) is 1.89. The third-order valence-corrected chi connectivity index (χ3v) is 3.02. The maximum atomic E-state index is 12.5. The van der Waals surface area contributed by atoms with E-state index in [1.54, 1.807) is 6.07 Å². The number of rotatable bonds is 3. The third kappa shape index (κ3) is 3.33. The van der Waals surface area contributed by atoms with Crippen molar-refractivity contribution >= 4 is 0 Å². The van der Waals surface area contributed by atoms with Crippen LogP contribution in [-0.2, 0) is 6.18 Å². The summed E-state index contributed by atoms with van der Waals surface area (Å²) in [4.78, 5) is 3.35. The molecule has 2 aromatic carbocycles. The molecule has 0 atom stereocenters. The highest BCUT2D eigenvalue weighted by molar-refractivity contribution is 5.57. The minimum Gasteiger partial charge on any atom is -0.456 e. The molecular formula is C16H10F3N2O2. The van der Waals surface area contributed by atoms with Crippen LogP contribution in [0.1, 0.15) is 11.5 Å². The van der Waals surface area contributed by atoms with Crippen LogP contribution in [0.2, 0.25) is 0 Å². The topological polar surface area (TPSA) is 48.2 Å². The standard InChI is InChI=1S/C16H10F3N2O2/c1-10-5-2-3-8-13(10)22-12-7-4-6-11(9-12)14-20-15(23-21-14)16(17,18)19/h2-6,8-9H,1H3. The van der Waals surface area contributed by atoms with Crippen molar-refractivity contribution in [1.29, 1.82) is 0 Å². The highest BCUT2D eigenvalue weighted by Crippen LogP contribution is 2.31. The zero-order chi connectivity index (χ0) is 16.4. The van der Waals surface area contributed by atoms with E-state index in [2.05, 4.69) is 20.7 Å². The van der Waals surface area contributed by atoms with Crippen LogP contribution < -0.4 is 4.74 Å². The van der Waals surface area contributed by atoms with Crippen molar-refractivity contribution in [2.75, 3.05) is 0 Å². The first-order valence-corrected chi connectivity index (χ1v) is 6.60. The summed E-state index contributed by atoms with van der Waals surface area (Å²) in [6, 6.07) is 14.8. The molecule has 0 saturated heterocycles. The maximum Gasteiger partial charge on any atom is 0.471 e. The van der Waals surface area contributed by atoms with Crippen molar-refractivity contribution in [2.45, 2.75) is 13.1 Å². The molecule has 0 N–H and O–H groups in total. The van der Waals surface area contributed by atoms with Crippen molar-refractivity contribution in [2.24, 2.45) is 0 Å². The number of alkyl halides is 3. The quantitative estimate of drug-likeness (QED) is 0.704. The number of hydrogen-bond donors (Lipinski definition) is 0. The zero-order valence-corrected chi connectivity index (χ0v) is 11.9. The van der Waals surface area contributed by atoms with Crippen LogP contribution in [-0.4, -0.2) is 10.1 Å². The average Bonchev–Trinajstić information content (AvgIpc) is 3.00. The minimum absolute atomic E-state index is 0.166. The van der Waals surface area contributed by atoms with E-state index in [1.165, 1.54) is 18.2 Å². The van der Waals surface area contributed by atoms with Crippen LogP contribution in [0.25, 0.3) is 11.4 Å². The maximum absolute atomic E-state index is 12.5. The minimum atomic E-state index is -4.67. The van der Waals surface area contributed by atoms with Gasteiger partial charge in [-0.3, -0.25) is 0 Å². The van der Waals surface area contributed by atoms with E-state index in [0.29, 0.717) is 17.1 Å². The number of ether oxygens (including phenoxy) is 1. The van der Waals surface area contributed by atoms with E-state index in [4.69, 9.17) is 4.74 Å². The van der Waals surface area contributed by atoms with Gasteiger partial charge in [0.05, 0.1) is 0 Å². The summed E-state index contributed by atoms with van der Waals surface area (Å²) in [7, 11) is 0. The Morgan fingerprint density at radius 3 is 2.65 bits per heavy atom. The van der Waals surface area contributed by atoms with Crippen LogP contribution in [0.4, 0.5) is 13.2 Å². The molecule has 1 radical (unpaired) electrons. The molecule has 0 unspecified atom stereocenters. The molecule has 117 valence electrons. The van der Waals surface area contributed by atoms with Gasteiger partial charge in [0.2, 0.25) is 5.82 Å². The van der Waals surface area contributed by atoms with Gasteiger partial charge < -0.3 is 9.26 Å². The lowest BCUT2D eigenvalue weighted by Gasteiger charge is -2.08. The van der Waals surface area contributed by atoms with E-state index < -0.39 is 12.1 Å². The van der Waals surface area contributed by atoms with Gasteiger partial charge in [-0.2, -0.15) is 18.2 Å². The number of para-hydroxylation sites is 1. The van der Waals surface area contributed by atoms with Crippen molar-refractivity contribution in [3.8, 4) is 22.9 Å². The molecule has 0 aliphatic rings. The van der Waals surface area contributed by atoms with Gasteiger partial charge in [0.25, 0.3) is 0 Å². The predicted molar refractivity (Wildman–Crippen MR) is 74.8 cm³/mol. The lowest BCUT2D eigenvalue weighted by molar-refractivity contribution is -0.159. The molecule has 1 aromatic heterocycles. The highest BCUT2D eigenvalue weighted by Gasteiger charge is 2.38. The normalized spacial score (nSPS) is 11.5. The molecule has 3 rings (SSSR count). The van der Waals surface area contributed by atoms with Crippen molar-refractivity contribution < 1.29 is 22.4 Å². The van der Waals surface area contributed by atoms with E-state index >= 15 is 0 Å². The summed E-state index contributed by atoms with van der Waals surface area (Å²) in [5.41, 5.74) is 1.26. The Morgan fingerprint density at radius 2 is 1.96 bits per heavy atom. The van der Waals surface area contributed by atoms with Gasteiger partial charge in [0, 0.05) is 11.6 Å². The molecule has 0 bridgehead atoms. The Bertz CT molecular complexity index is 828. The summed E-state index contributed by atoms with van der Waals surface area (Å²) >= 11 is 0. The first kappa shape index (κ1) is 15.1. The summed E-state index contributed by atoms with van der Waals surface area (Å²) in [5, 5.41) is 3.34. The molecule has 0 amide bonds. The second-order valence-corrected chi connectivity index (χ2v) is 4.73. The van der Waals surface area contributed by atoms with E-state index in [-0.39, 0.29) is 5.82 Å². The number of aromatic nitrogens is 2. The second-order valence-electron chi connectivity index (χ2n) is 4.73. The Labute approximate surface area is 129 Å². The summed E-state index contributed by atoms with van der Waals surface area (Å²) in [5.74, 6) is -0.581. The zero-order valence-electron chi connectivity index (χ0n) is 11.9. The predicted octanol–water partition coefficient (Wildman–Crippen LogP) is 4.66. The fourth-order valence-electron chi connectivity index (χ4n) is 1.89. The number of nitrogens with zero attached hydrogens (tertiary/aromatic N) is 2. The van der Waals surface area contributed by atoms with Crippen LogP contribution in [0.5, 0.6) is 11.5 Å². The van der Waals surface area contributed by atoms with Gasteiger partial charge >= 0.3 is 12.1 Å². The van der Waals surface area contributed by atoms with Gasteiger partial charge in [-0.1, -0.05) is 29.4 Å². The number of aryl methyl sites for hydroxylation is 1. The third-order valence-electron chi connectivity index (χ3n) is 3.02. The van der Waals surface area contributed by atoms with E-state index in [0.717, 1.165) is 5.56 Å². The van der Waals surface area contributed by atoms with Crippen LogP contribution >= 0.6 is 0 Å². The van der Waals surface area contributed by atoms with Gasteiger partial charge in [0.1, 0.15) is 11.5 Å². The Morgan fingerprint density at radius 1 is 1.17 bits per heavy atom. The highest BCUT2D eigenvalue weighted by atomic mass is 19.4. The van der Waals surface area contributed by atoms with Crippen molar-refractivity contribution in [3.05, 3.63) is 60.0 Å². The lowest BCUT2D eigenvalue weighted by Crippen LogP contribution is -2.04. The summed E-state index contributed by atoms with van der Waals surface area (Å²) in [6.07, 6.45) is -4.67. The number of hydrogen-bond acceptors (Lipinski definition) is 4. The SMILES string of the molecule is Cc1ccccc1Oc1[c]ccc(-c2noc(C(F)(F)F)n2)c1. The van der Waals surface area contributed by atoms with Crippen LogP contribution in [0, 0.1) is 13.0 Å². The van der Waals surface area contributed by atoms with E-state index in [9.17, 15) is 13.2 Å². The van der Waals surface area contributed by atoms with Crippen LogP contribution in [0.15, 0.2) is 47.0 Å². The van der Waals surface area contributed by atoms with Gasteiger partial charge in [-0.25, -0.2) is 0 Å². The Kier molecular flexibility index (Phi) is 3.77. The summed E-state index contributed by atoms with van der Waals surface area (Å²) < 4.78 is 47.4. The molecule has 0 spiro atoms. The molecule has 23 heavy (non-hydrogen) atoms. The van der Waals surface area contributed by atoms with E-state index in [1.807, 2.05) is 25.1 Å². The molecule has 4 nitrogen and oxygen atoms in total. The second kappa shape index (κ2) is 5.75. The Balaban J connectivity index is 1.88. The van der Waals surface area contributed by atoms with Crippen molar-refractivity contribution in [1.82, 2.24) is 10.1 Å². The molecule has 0 fully saturated rings. The lowest BCUT2D eigenvalue weighted by atomic mass is 10.2. The first-order valence-electron chi connectivity index (χ1n) is 6.60.